The summed E-state index contributed by atoms with van der Waals surface area (Å²) < 4.78 is 10.8. The summed E-state index contributed by atoms with van der Waals surface area (Å²) >= 11 is 0. The molecule has 0 radical (unpaired) electrons. The molecule has 0 amide bonds. The normalized spacial score (nSPS) is 11.9. The van der Waals surface area contributed by atoms with Crippen LogP contribution < -0.4 is 4.74 Å². The number of benzene rings is 2. The molecule has 2 aromatic carbocycles. The van der Waals surface area contributed by atoms with Gasteiger partial charge in [0.1, 0.15) is 11.9 Å². The third-order valence-electron chi connectivity index (χ3n) is 3.03. The second-order valence-corrected chi connectivity index (χ2v) is 4.34. The quantitative estimate of drug-likeness (QED) is 0.751. The Labute approximate surface area is 119 Å². The number of rotatable bonds is 6. The van der Waals surface area contributed by atoms with Gasteiger partial charge in [0.2, 0.25) is 0 Å². The summed E-state index contributed by atoms with van der Waals surface area (Å²) in [6.07, 6.45) is -0.576. The van der Waals surface area contributed by atoms with Crippen LogP contribution in [0.25, 0.3) is 0 Å². The predicted molar refractivity (Wildman–Crippen MR) is 78.1 cm³/mol. The zero-order chi connectivity index (χ0) is 14.4. The largest absolute Gasteiger partial charge is 0.497 e. The first-order chi connectivity index (χ1) is 9.76. The van der Waals surface area contributed by atoms with Gasteiger partial charge in [0, 0.05) is 12.2 Å². The van der Waals surface area contributed by atoms with Gasteiger partial charge in [0.15, 0.2) is 5.78 Å². The lowest BCUT2D eigenvalue weighted by Crippen LogP contribution is -2.16. The molecule has 0 spiro atoms. The van der Waals surface area contributed by atoms with E-state index in [0.717, 1.165) is 5.56 Å². The van der Waals surface area contributed by atoms with Gasteiger partial charge in [0.25, 0.3) is 0 Å². The number of carbonyl (C=O) groups excluding carboxylic acids is 1. The van der Waals surface area contributed by atoms with Gasteiger partial charge in [-0.2, -0.15) is 0 Å². The molecule has 1 atom stereocenters. The van der Waals surface area contributed by atoms with E-state index in [1.165, 1.54) is 0 Å². The van der Waals surface area contributed by atoms with Crippen LogP contribution in [0.2, 0.25) is 0 Å². The Hall–Kier alpha value is -2.13. The maximum atomic E-state index is 12.6. The number of hydrogen-bond donors (Lipinski definition) is 0. The third kappa shape index (κ3) is 3.25. The van der Waals surface area contributed by atoms with E-state index in [9.17, 15) is 4.79 Å². The standard InChI is InChI=1S/C17H18O3/c1-3-20-17(13-8-5-4-6-9-13)16(18)14-10-7-11-15(12-14)19-2/h4-12,17H,3H2,1-2H3. The Morgan fingerprint density at radius 2 is 1.85 bits per heavy atom. The summed E-state index contributed by atoms with van der Waals surface area (Å²) in [4.78, 5) is 12.6. The molecule has 0 aliphatic carbocycles. The molecule has 2 aromatic rings. The molecule has 0 fully saturated rings. The lowest BCUT2D eigenvalue weighted by atomic mass is 9.99. The Morgan fingerprint density at radius 1 is 1.10 bits per heavy atom. The van der Waals surface area contributed by atoms with Crippen molar-refractivity contribution in [2.75, 3.05) is 13.7 Å². The number of hydrogen-bond acceptors (Lipinski definition) is 3. The zero-order valence-corrected chi connectivity index (χ0v) is 11.7. The van der Waals surface area contributed by atoms with Gasteiger partial charge >= 0.3 is 0 Å². The first-order valence-electron chi connectivity index (χ1n) is 6.61. The van der Waals surface area contributed by atoms with Crippen LogP contribution in [0.15, 0.2) is 54.6 Å². The zero-order valence-electron chi connectivity index (χ0n) is 11.7. The topological polar surface area (TPSA) is 35.5 Å². The maximum absolute atomic E-state index is 12.6. The first kappa shape index (κ1) is 14.3. The molecule has 0 aromatic heterocycles. The van der Waals surface area contributed by atoms with Crippen molar-refractivity contribution in [2.24, 2.45) is 0 Å². The molecule has 0 N–H and O–H groups in total. The van der Waals surface area contributed by atoms with Crippen LogP contribution in [0, 0.1) is 0 Å². The third-order valence-corrected chi connectivity index (χ3v) is 3.03. The van der Waals surface area contributed by atoms with Crippen LogP contribution in [0.1, 0.15) is 28.9 Å². The average molecular weight is 270 g/mol. The first-order valence-corrected chi connectivity index (χ1v) is 6.61. The highest BCUT2D eigenvalue weighted by molar-refractivity contribution is 6.00. The van der Waals surface area contributed by atoms with Crippen molar-refractivity contribution in [3.05, 3.63) is 65.7 Å². The average Bonchev–Trinajstić information content (AvgIpc) is 2.53. The number of ketones is 1. The van der Waals surface area contributed by atoms with E-state index in [0.29, 0.717) is 17.9 Å². The Balaban J connectivity index is 2.31. The Morgan fingerprint density at radius 3 is 2.50 bits per heavy atom. The molecular formula is C17H18O3. The summed E-state index contributed by atoms with van der Waals surface area (Å²) in [5.74, 6) is 0.608. The smallest absolute Gasteiger partial charge is 0.196 e. The summed E-state index contributed by atoms with van der Waals surface area (Å²) in [7, 11) is 1.58. The fourth-order valence-electron chi connectivity index (χ4n) is 2.05. The van der Waals surface area contributed by atoms with Gasteiger partial charge < -0.3 is 9.47 Å². The number of ether oxygens (including phenoxy) is 2. The molecule has 0 aliphatic heterocycles. The number of Topliss-reactive ketones (excluding diaryl/α,β-unsaturated/α-hetero) is 1. The highest BCUT2D eigenvalue weighted by atomic mass is 16.5. The lowest BCUT2D eigenvalue weighted by molar-refractivity contribution is 0.0452. The SMILES string of the molecule is CCOC(C(=O)c1cccc(OC)c1)c1ccccc1. The second kappa shape index (κ2) is 6.87. The summed E-state index contributed by atoms with van der Waals surface area (Å²) in [5, 5.41) is 0. The van der Waals surface area contributed by atoms with Crippen molar-refractivity contribution in [1.29, 1.82) is 0 Å². The van der Waals surface area contributed by atoms with Gasteiger partial charge in [-0.25, -0.2) is 0 Å². The van der Waals surface area contributed by atoms with E-state index in [1.807, 2.05) is 43.3 Å². The van der Waals surface area contributed by atoms with Crippen LogP contribution in [0.3, 0.4) is 0 Å². The van der Waals surface area contributed by atoms with Gasteiger partial charge in [-0.15, -0.1) is 0 Å². The van der Waals surface area contributed by atoms with Crippen LogP contribution in [0.4, 0.5) is 0 Å². The van der Waals surface area contributed by atoms with E-state index >= 15 is 0 Å². The van der Waals surface area contributed by atoms with Crippen LogP contribution in [-0.4, -0.2) is 19.5 Å². The Bertz CT molecular complexity index is 563. The van der Waals surface area contributed by atoms with Crippen molar-refractivity contribution in [3.63, 3.8) is 0 Å². The molecule has 0 bridgehead atoms. The molecular weight excluding hydrogens is 252 g/mol. The van der Waals surface area contributed by atoms with E-state index in [1.54, 1.807) is 25.3 Å². The molecule has 0 saturated heterocycles. The van der Waals surface area contributed by atoms with Crippen molar-refractivity contribution in [2.45, 2.75) is 13.0 Å². The minimum atomic E-state index is -0.576. The van der Waals surface area contributed by atoms with E-state index < -0.39 is 6.10 Å². The highest BCUT2D eigenvalue weighted by Crippen LogP contribution is 2.24. The molecule has 0 aliphatic rings. The van der Waals surface area contributed by atoms with Gasteiger partial charge in [-0.3, -0.25) is 4.79 Å². The molecule has 3 nitrogen and oxygen atoms in total. The van der Waals surface area contributed by atoms with E-state index in [-0.39, 0.29) is 5.78 Å². The van der Waals surface area contributed by atoms with Crippen molar-refractivity contribution < 1.29 is 14.3 Å². The molecule has 104 valence electrons. The van der Waals surface area contributed by atoms with Gasteiger partial charge in [-0.05, 0) is 24.6 Å². The second-order valence-electron chi connectivity index (χ2n) is 4.34. The molecule has 0 saturated carbocycles. The summed E-state index contributed by atoms with van der Waals surface area (Å²) in [5.41, 5.74) is 1.45. The fraction of sp³-hybridized carbons (Fsp3) is 0.235. The molecule has 20 heavy (non-hydrogen) atoms. The summed E-state index contributed by atoms with van der Waals surface area (Å²) in [6, 6.07) is 16.7. The minimum absolute atomic E-state index is 0.0584. The van der Waals surface area contributed by atoms with Crippen molar-refractivity contribution in [1.82, 2.24) is 0 Å². The van der Waals surface area contributed by atoms with E-state index in [2.05, 4.69) is 0 Å². The fourth-order valence-corrected chi connectivity index (χ4v) is 2.05. The molecule has 3 heteroatoms. The van der Waals surface area contributed by atoms with Crippen LogP contribution >= 0.6 is 0 Å². The van der Waals surface area contributed by atoms with E-state index in [4.69, 9.17) is 9.47 Å². The van der Waals surface area contributed by atoms with Crippen LogP contribution in [-0.2, 0) is 4.74 Å². The predicted octanol–water partition coefficient (Wildman–Crippen LogP) is 3.66. The highest BCUT2D eigenvalue weighted by Gasteiger charge is 2.22. The molecule has 0 heterocycles. The van der Waals surface area contributed by atoms with Gasteiger partial charge in [0.05, 0.1) is 7.11 Å². The minimum Gasteiger partial charge on any atom is -0.497 e. The van der Waals surface area contributed by atoms with Crippen molar-refractivity contribution in [3.8, 4) is 5.75 Å². The molecule has 2 rings (SSSR count). The number of carbonyl (C=O) groups is 1. The summed E-state index contributed by atoms with van der Waals surface area (Å²) in [6.45, 7) is 2.37. The maximum Gasteiger partial charge on any atom is 0.196 e. The monoisotopic (exact) mass is 270 g/mol. The van der Waals surface area contributed by atoms with Crippen LogP contribution in [0.5, 0.6) is 5.75 Å². The lowest BCUT2D eigenvalue weighted by Gasteiger charge is -2.16. The van der Waals surface area contributed by atoms with Gasteiger partial charge in [-0.1, -0.05) is 42.5 Å². The van der Waals surface area contributed by atoms with Crippen molar-refractivity contribution >= 4 is 5.78 Å². The number of methoxy groups -OCH3 is 1. The Kier molecular flexibility index (Phi) is 4.91. The molecule has 1 unspecified atom stereocenters.